The summed E-state index contributed by atoms with van der Waals surface area (Å²) in [6.45, 7) is 0. The molecule has 2 N–H and O–H groups in total. The lowest BCUT2D eigenvalue weighted by atomic mass is 10.1. The standard InChI is InChI=1S/C8H12F3N3/c1-14-5-6(4-13-14)2-3-7(12)8(9,10)11/h4-5,7H,2-3,12H2,1H3. The predicted molar refractivity (Wildman–Crippen MR) is 45.6 cm³/mol. The van der Waals surface area contributed by atoms with Crippen LogP contribution in [0.15, 0.2) is 12.4 Å². The molecule has 0 aromatic carbocycles. The molecule has 0 spiro atoms. The molecule has 1 heterocycles. The molecule has 0 aliphatic heterocycles. The van der Waals surface area contributed by atoms with Gasteiger partial charge in [-0.25, -0.2) is 0 Å². The first-order chi connectivity index (χ1) is 6.39. The van der Waals surface area contributed by atoms with Crippen LogP contribution in [0.3, 0.4) is 0 Å². The second-order valence-corrected chi connectivity index (χ2v) is 3.21. The van der Waals surface area contributed by atoms with Gasteiger partial charge in [0.05, 0.1) is 6.20 Å². The second kappa shape index (κ2) is 4.00. The van der Waals surface area contributed by atoms with Crippen molar-refractivity contribution in [1.29, 1.82) is 0 Å². The minimum atomic E-state index is -4.30. The molecule has 1 aromatic heterocycles. The Labute approximate surface area is 79.7 Å². The van der Waals surface area contributed by atoms with E-state index in [0.717, 1.165) is 5.56 Å². The summed E-state index contributed by atoms with van der Waals surface area (Å²) in [5.74, 6) is 0. The molecular weight excluding hydrogens is 195 g/mol. The summed E-state index contributed by atoms with van der Waals surface area (Å²) < 4.78 is 37.6. The third-order valence-electron chi connectivity index (χ3n) is 1.92. The van der Waals surface area contributed by atoms with Crippen molar-refractivity contribution < 1.29 is 13.2 Å². The fourth-order valence-corrected chi connectivity index (χ4v) is 1.09. The van der Waals surface area contributed by atoms with Gasteiger partial charge in [0.25, 0.3) is 0 Å². The third-order valence-corrected chi connectivity index (χ3v) is 1.92. The van der Waals surface area contributed by atoms with Crippen LogP contribution < -0.4 is 5.73 Å². The number of hydrogen-bond acceptors (Lipinski definition) is 2. The highest BCUT2D eigenvalue weighted by Gasteiger charge is 2.35. The Hall–Kier alpha value is -1.04. The van der Waals surface area contributed by atoms with E-state index in [1.54, 1.807) is 24.1 Å². The first-order valence-corrected chi connectivity index (χ1v) is 4.19. The normalized spacial score (nSPS) is 14.4. The van der Waals surface area contributed by atoms with Crippen LogP contribution in [0.4, 0.5) is 13.2 Å². The maximum Gasteiger partial charge on any atom is 0.403 e. The van der Waals surface area contributed by atoms with Crippen LogP contribution >= 0.6 is 0 Å². The number of nitrogens with zero attached hydrogens (tertiary/aromatic N) is 2. The van der Waals surface area contributed by atoms with Crippen molar-refractivity contribution in [1.82, 2.24) is 9.78 Å². The minimum absolute atomic E-state index is 0.102. The number of rotatable bonds is 3. The summed E-state index contributed by atoms with van der Waals surface area (Å²) in [7, 11) is 1.72. The smallest absolute Gasteiger partial charge is 0.320 e. The van der Waals surface area contributed by atoms with Gasteiger partial charge < -0.3 is 5.73 Å². The first kappa shape index (κ1) is 11.0. The Balaban J connectivity index is 2.41. The van der Waals surface area contributed by atoms with Crippen LogP contribution in [-0.4, -0.2) is 22.0 Å². The maximum atomic E-state index is 12.0. The Morgan fingerprint density at radius 1 is 1.57 bits per heavy atom. The van der Waals surface area contributed by atoms with Crippen molar-refractivity contribution in [2.24, 2.45) is 12.8 Å². The van der Waals surface area contributed by atoms with Crippen molar-refractivity contribution in [3.63, 3.8) is 0 Å². The van der Waals surface area contributed by atoms with E-state index in [4.69, 9.17) is 5.73 Å². The van der Waals surface area contributed by atoms with Gasteiger partial charge in [-0.3, -0.25) is 4.68 Å². The lowest BCUT2D eigenvalue weighted by Crippen LogP contribution is -2.37. The topological polar surface area (TPSA) is 43.8 Å². The zero-order valence-corrected chi connectivity index (χ0v) is 7.75. The van der Waals surface area contributed by atoms with E-state index in [1.165, 1.54) is 0 Å². The lowest BCUT2D eigenvalue weighted by molar-refractivity contribution is -0.148. The van der Waals surface area contributed by atoms with Gasteiger partial charge in [0, 0.05) is 13.2 Å². The average molecular weight is 207 g/mol. The zero-order chi connectivity index (χ0) is 10.8. The molecule has 14 heavy (non-hydrogen) atoms. The Morgan fingerprint density at radius 3 is 2.64 bits per heavy atom. The SMILES string of the molecule is Cn1cc(CCC(N)C(F)(F)F)cn1. The Kier molecular flexibility index (Phi) is 3.15. The van der Waals surface area contributed by atoms with Gasteiger partial charge in [-0.05, 0) is 18.4 Å². The Bertz CT molecular complexity index is 292. The summed E-state index contributed by atoms with van der Waals surface area (Å²) >= 11 is 0. The average Bonchev–Trinajstić information content (AvgIpc) is 2.45. The zero-order valence-electron chi connectivity index (χ0n) is 7.75. The van der Waals surface area contributed by atoms with E-state index >= 15 is 0 Å². The molecule has 0 amide bonds. The van der Waals surface area contributed by atoms with Gasteiger partial charge >= 0.3 is 6.18 Å². The van der Waals surface area contributed by atoms with E-state index in [9.17, 15) is 13.2 Å². The highest BCUT2D eigenvalue weighted by atomic mass is 19.4. The molecule has 1 unspecified atom stereocenters. The molecule has 1 atom stereocenters. The van der Waals surface area contributed by atoms with Crippen LogP contribution in [0.25, 0.3) is 0 Å². The summed E-state index contributed by atoms with van der Waals surface area (Å²) in [6, 6.07) is -1.75. The number of halogens is 3. The predicted octanol–water partition coefficient (Wildman–Crippen LogP) is 1.24. The minimum Gasteiger partial charge on any atom is -0.320 e. The van der Waals surface area contributed by atoms with Crippen molar-refractivity contribution in [2.45, 2.75) is 25.1 Å². The van der Waals surface area contributed by atoms with Gasteiger partial charge in [0.2, 0.25) is 0 Å². The van der Waals surface area contributed by atoms with Crippen LogP contribution in [0, 0.1) is 0 Å². The summed E-state index contributed by atoms with van der Waals surface area (Å²) in [6.07, 6.45) is -0.877. The number of hydrogen-bond donors (Lipinski definition) is 1. The lowest BCUT2D eigenvalue weighted by Gasteiger charge is -2.14. The highest BCUT2D eigenvalue weighted by molar-refractivity contribution is 5.04. The third kappa shape index (κ3) is 3.02. The van der Waals surface area contributed by atoms with Crippen molar-refractivity contribution in [3.05, 3.63) is 18.0 Å². The highest BCUT2D eigenvalue weighted by Crippen LogP contribution is 2.21. The second-order valence-electron chi connectivity index (χ2n) is 3.21. The van der Waals surface area contributed by atoms with E-state index in [1.807, 2.05) is 0 Å². The largest absolute Gasteiger partial charge is 0.403 e. The van der Waals surface area contributed by atoms with Crippen molar-refractivity contribution in [3.8, 4) is 0 Å². The van der Waals surface area contributed by atoms with Crippen LogP contribution in [0.2, 0.25) is 0 Å². The van der Waals surface area contributed by atoms with Gasteiger partial charge in [-0.2, -0.15) is 18.3 Å². The van der Waals surface area contributed by atoms with E-state index in [0.29, 0.717) is 6.42 Å². The van der Waals surface area contributed by atoms with Crippen LogP contribution in [0.5, 0.6) is 0 Å². The fraction of sp³-hybridized carbons (Fsp3) is 0.625. The molecule has 0 fully saturated rings. The first-order valence-electron chi connectivity index (χ1n) is 4.19. The fourth-order valence-electron chi connectivity index (χ4n) is 1.09. The summed E-state index contributed by atoms with van der Waals surface area (Å²) in [4.78, 5) is 0. The molecule has 1 aromatic rings. The molecular formula is C8H12F3N3. The number of nitrogens with two attached hydrogens (primary N) is 1. The van der Waals surface area contributed by atoms with E-state index in [2.05, 4.69) is 5.10 Å². The molecule has 0 aliphatic rings. The quantitative estimate of drug-likeness (QED) is 0.810. The number of alkyl halides is 3. The molecule has 1 rings (SSSR count). The van der Waals surface area contributed by atoms with Crippen molar-refractivity contribution in [2.75, 3.05) is 0 Å². The number of aromatic nitrogens is 2. The van der Waals surface area contributed by atoms with Crippen LogP contribution in [-0.2, 0) is 13.5 Å². The van der Waals surface area contributed by atoms with E-state index in [-0.39, 0.29) is 6.42 Å². The van der Waals surface area contributed by atoms with Gasteiger partial charge in [-0.1, -0.05) is 0 Å². The van der Waals surface area contributed by atoms with Crippen molar-refractivity contribution >= 4 is 0 Å². The maximum absolute atomic E-state index is 12.0. The van der Waals surface area contributed by atoms with E-state index < -0.39 is 12.2 Å². The molecule has 0 radical (unpaired) electrons. The Morgan fingerprint density at radius 2 is 2.21 bits per heavy atom. The van der Waals surface area contributed by atoms with Gasteiger partial charge in [0.15, 0.2) is 0 Å². The summed E-state index contributed by atoms with van der Waals surface area (Å²) in [5.41, 5.74) is 5.72. The van der Waals surface area contributed by atoms with Crippen LogP contribution in [0.1, 0.15) is 12.0 Å². The monoisotopic (exact) mass is 207 g/mol. The molecule has 80 valence electrons. The number of aryl methyl sites for hydroxylation is 2. The molecule has 0 saturated heterocycles. The van der Waals surface area contributed by atoms with Gasteiger partial charge in [0.1, 0.15) is 6.04 Å². The molecule has 0 saturated carbocycles. The molecule has 6 heteroatoms. The van der Waals surface area contributed by atoms with Gasteiger partial charge in [-0.15, -0.1) is 0 Å². The molecule has 0 aliphatic carbocycles. The molecule has 3 nitrogen and oxygen atoms in total. The molecule has 0 bridgehead atoms. The summed E-state index contributed by atoms with van der Waals surface area (Å²) in [5, 5.41) is 3.85.